The minimum absolute atomic E-state index is 0.0854. The highest BCUT2D eigenvalue weighted by atomic mass is 32.1. The van der Waals surface area contributed by atoms with Gasteiger partial charge in [-0.3, -0.25) is 0 Å². The van der Waals surface area contributed by atoms with Gasteiger partial charge in [-0.1, -0.05) is 18.2 Å². The van der Waals surface area contributed by atoms with Crippen LogP contribution in [-0.4, -0.2) is 10.5 Å². The minimum Gasteiger partial charge on any atom is -0.307 e. The summed E-state index contributed by atoms with van der Waals surface area (Å²) in [6, 6.07) is 6.89. The molecule has 0 aliphatic heterocycles. The van der Waals surface area contributed by atoms with E-state index in [1.165, 1.54) is 10.9 Å². The van der Waals surface area contributed by atoms with Crippen molar-refractivity contribution in [2.45, 2.75) is 46.2 Å². The number of hydrogen-bond acceptors (Lipinski definition) is 3. The van der Waals surface area contributed by atoms with E-state index < -0.39 is 0 Å². The summed E-state index contributed by atoms with van der Waals surface area (Å²) in [5.74, 6) is -0.158. The largest absolute Gasteiger partial charge is 0.307 e. The van der Waals surface area contributed by atoms with E-state index in [4.69, 9.17) is 0 Å². The Hall–Kier alpha value is -1.26. The highest BCUT2D eigenvalue weighted by Gasteiger charge is 2.13. The Morgan fingerprint density at radius 3 is 2.60 bits per heavy atom. The van der Waals surface area contributed by atoms with Crippen molar-refractivity contribution in [2.24, 2.45) is 0 Å². The number of nitrogens with zero attached hydrogens (tertiary/aromatic N) is 1. The maximum atomic E-state index is 13.7. The number of aromatic nitrogens is 1. The topological polar surface area (TPSA) is 24.9 Å². The van der Waals surface area contributed by atoms with E-state index in [9.17, 15) is 4.39 Å². The molecule has 1 aromatic carbocycles. The van der Waals surface area contributed by atoms with Crippen LogP contribution in [0.3, 0.4) is 0 Å². The van der Waals surface area contributed by atoms with Gasteiger partial charge < -0.3 is 5.32 Å². The van der Waals surface area contributed by atoms with Gasteiger partial charge in [0.2, 0.25) is 0 Å². The molecule has 0 spiro atoms. The molecule has 0 aliphatic carbocycles. The SMILES string of the molecule is Cc1nc(Cc2ccccc2F)sc1CNC(C)(C)C. The molecule has 0 unspecified atom stereocenters. The van der Waals surface area contributed by atoms with Crippen molar-refractivity contribution in [1.29, 1.82) is 0 Å². The lowest BCUT2D eigenvalue weighted by atomic mass is 10.1. The van der Waals surface area contributed by atoms with Crippen LogP contribution in [0.25, 0.3) is 0 Å². The van der Waals surface area contributed by atoms with Crippen molar-refractivity contribution >= 4 is 11.3 Å². The number of hydrogen-bond donors (Lipinski definition) is 1. The third kappa shape index (κ3) is 4.12. The predicted octanol–water partition coefficient (Wildman–Crippen LogP) is 4.07. The zero-order valence-electron chi connectivity index (χ0n) is 12.5. The molecule has 2 aromatic rings. The molecule has 0 aliphatic rings. The quantitative estimate of drug-likeness (QED) is 0.919. The molecule has 1 aromatic heterocycles. The molecule has 0 saturated carbocycles. The van der Waals surface area contributed by atoms with Crippen LogP contribution in [0.5, 0.6) is 0 Å². The van der Waals surface area contributed by atoms with Crippen molar-refractivity contribution in [3.05, 3.63) is 51.2 Å². The van der Waals surface area contributed by atoms with E-state index in [0.717, 1.165) is 17.2 Å². The van der Waals surface area contributed by atoms with Gasteiger partial charge in [-0.05, 0) is 39.3 Å². The van der Waals surface area contributed by atoms with Crippen LogP contribution in [0.15, 0.2) is 24.3 Å². The third-order valence-electron chi connectivity index (χ3n) is 3.02. The van der Waals surface area contributed by atoms with Crippen LogP contribution < -0.4 is 5.32 Å². The lowest BCUT2D eigenvalue weighted by molar-refractivity contribution is 0.425. The van der Waals surface area contributed by atoms with Gasteiger partial charge >= 0.3 is 0 Å². The van der Waals surface area contributed by atoms with Crippen LogP contribution in [0.1, 0.15) is 41.9 Å². The average Bonchev–Trinajstić information content (AvgIpc) is 2.69. The molecule has 0 atom stereocenters. The molecule has 4 heteroatoms. The highest BCUT2D eigenvalue weighted by Crippen LogP contribution is 2.22. The molecule has 20 heavy (non-hydrogen) atoms. The number of benzene rings is 1. The lowest BCUT2D eigenvalue weighted by Gasteiger charge is -2.19. The fourth-order valence-electron chi connectivity index (χ4n) is 1.88. The fraction of sp³-hybridized carbons (Fsp3) is 0.438. The maximum Gasteiger partial charge on any atom is 0.126 e. The molecule has 1 heterocycles. The molecule has 0 bridgehead atoms. The summed E-state index contributed by atoms with van der Waals surface area (Å²) < 4.78 is 13.7. The zero-order valence-corrected chi connectivity index (χ0v) is 13.3. The normalized spacial score (nSPS) is 11.8. The third-order valence-corrected chi connectivity index (χ3v) is 4.17. The van der Waals surface area contributed by atoms with Gasteiger partial charge in [0.15, 0.2) is 0 Å². The molecule has 0 amide bonds. The van der Waals surface area contributed by atoms with E-state index >= 15 is 0 Å². The van der Waals surface area contributed by atoms with Crippen LogP contribution in [0.2, 0.25) is 0 Å². The Labute approximate surface area is 124 Å². The second-order valence-electron chi connectivity index (χ2n) is 5.99. The molecule has 0 fully saturated rings. The van der Waals surface area contributed by atoms with Crippen LogP contribution >= 0.6 is 11.3 Å². The molecular weight excluding hydrogens is 271 g/mol. The van der Waals surface area contributed by atoms with Crippen molar-refractivity contribution in [3.8, 4) is 0 Å². The van der Waals surface area contributed by atoms with Crippen molar-refractivity contribution < 1.29 is 4.39 Å². The first-order valence-electron chi connectivity index (χ1n) is 6.79. The fourth-order valence-corrected chi connectivity index (χ4v) is 2.91. The number of halogens is 1. The summed E-state index contributed by atoms with van der Waals surface area (Å²) in [6.45, 7) is 9.25. The van der Waals surface area contributed by atoms with E-state index in [2.05, 4.69) is 31.1 Å². The van der Waals surface area contributed by atoms with Gasteiger partial charge in [-0.25, -0.2) is 9.37 Å². The Morgan fingerprint density at radius 1 is 1.25 bits per heavy atom. The summed E-state index contributed by atoms with van der Waals surface area (Å²) in [5, 5.41) is 4.43. The standard InChI is InChI=1S/C16H21FN2S/c1-11-14(10-18-16(2,3)4)20-15(19-11)9-12-7-5-6-8-13(12)17/h5-8,18H,9-10H2,1-4H3. The second-order valence-corrected chi connectivity index (χ2v) is 7.16. The molecule has 0 saturated heterocycles. The van der Waals surface area contributed by atoms with Crippen LogP contribution in [-0.2, 0) is 13.0 Å². The minimum atomic E-state index is -0.158. The summed E-state index contributed by atoms with van der Waals surface area (Å²) in [4.78, 5) is 5.79. The highest BCUT2D eigenvalue weighted by molar-refractivity contribution is 7.11. The maximum absolute atomic E-state index is 13.7. The van der Waals surface area contributed by atoms with Crippen molar-refractivity contribution in [3.63, 3.8) is 0 Å². The first-order chi connectivity index (χ1) is 9.35. The Kier molecular flexibility index (Phi) is 4.55. The summed E-state index contributed by atoms with van der Waals surface area (Å²) in [5.41, 5.74) is 1.83. The Morgan fingerprint density at radius 2 is 1.95 bits per heavy atom. The van der Waals surface area contributed by atoms with Crippen LogP contribution in [0, 0.1) is 12.7 Å². The number of nitrogens with one attached hydrogen (secondary N) is 1. The summed E-state index contributed by atoms with van der Waals surface area (Å²) in [6.07, 6.45) is 0.563. The predicted molar refractivity (Wildman–Crippen MR) is 82.6 cm³/mol. The second kappa shape index (κ2) is 6.02. The first-order valence-corrected chi connectivity index (χ1v) is 7.60. The van der Waals surface area contributed by atoms with Gasteiger partial charge in [0.05, 0.1) is 10.7 Å². The van der Waals surface area contributed by atoms with Gasteiger partial charge in [-0.15, -0.1) is 11.3 Å². The number of thiazole rings is 1. The molecule has 0 radical (unpaired) electrons. The number of rotatable bonds is 4. The van der Waals surface area contributed by atoms with Gasteiger partial charge in [-0.2, -0.15) is 0 Å². The average molecular weight is 292 g/mol. The van der Waals surface area contributed by atoms with Gasteiger partial charge in [0.1, 0.15) is 5.82 Å². The Balaban J connectivity index is 2.09. The lowest BCUT2D eigenvalue weighted by Crippen LogP contribution is -2.34. The van der Waals surface area contributed by atoms with Crippen molar-refractivity contribution in [2.75, 3.05) is 0 Å². The van der Waals surface area contributed by atoms with E-state index in [1.807, 2.05) is 19.1 Å². The summed E-state index contributed by atoms with van der Waals surface area (Å²) in [7, 11) is 0. The van der Waals surface area contributed by atoms with E-state index in [-0.39, 0.29) is 11.4 Å². The van der Waals surface area contributed by atoms with Gasteiger partial charge in [0, 0.05) is 23.4 Å². The molecule has 1 N–H and O–H groups in total. The summed E-state index contributed by atoms with van der Waals surface area (Å²) >= 11 is 1.66. The first kappa shape index (κ1) is 15.1. The van der Waals surface area contributed by atoms with Crippen LogP contribution in [0.4, 0.5) is 4.39 Å². The van der Waals surface area contributed by atoms with E-state index in [0.29, 0.717) is 12.0 Å². The van der Waals surface area contributed by atoms with E-state index in [1.54, 1.807) is 17.4 Å². The number of aryl methyl sites for hydroxylation is 1. The smallest absolute Gasteiger partial charge is 0.126 e. The Bertz CT molecular complexity index is 584. The molecule has 2 rings (SSSR count). The molecule has 2 nitrogen and oxygen atoms in total. The molecule has 108 valence electrons. The van der Waals surface area contributed by atoms with Gasteiger partial charge in [0.25, 0.3) is 0 Å². The van der Waals surface area contributed by atoms with Crippen molar-refractivity contribution in [1.82, 2.24) is 10.3 Å². The monoisotopic (exact) mass is 292 g/mol. The molecular formula is C16H21FN2S. The zero-order chi connectivity index (χ0) is 14.8.